The monoisotopic (exact) mass is 306 g/mol. The van der Waals surface area contributed by atoms with E-state index in [0.29, 0.717) is 23.3 Å². The minimum atomic E-state index is -0.205. The molecule has 92 valence electrons. The Balaban J connectivity index is 1.99. The fraction of sp³-hybridized carbons (Fsp3) is 0.308. The number of halogens is 1. The predicted molar refractivity (Wildman–Crippen MR) is 69.8 cm³/mol. The van der Waals surface area contributed by atoms with E-state index in [1.807, 2.05) is 12.2 Å². The number of imide groups is 1. The molecule has 0 bridgehead atoms. The summed E-state index contributed by atoms with van der Waals surface area (Å²) in [7, 11) is 0. The van der Waals surface area contributed by atoms with E-state index in [4.69, 9.17) is 0 Å². The smallest absolute Gasteiger partial charge is 0.239 e. The van der Waals surface area contributed by atoms with E-state index >= 15 is 0 Å². The second-order valence-electron chi connectivity index (χ2n) is 4.49. The van der Waals surface area contributed by atoms with Crippen molar-refractivity contribution in [3.63, 3.8) is 0 Å². The van der Waals surface area contributed by atoms with Crippen molar-refractivity contribution in [2.24, 2.45) is 11.8 Å². The lowest BCUT2D eigenvalue weighted by Crippen LogP contribution is -2.31. The molecule has 2 heterocycles. The molecule has 0 N–H and O–H groups in total. The van der Waals surface area contributed by atoms with Crippen LogP contribution in [-0.4, -0.2) is 16.8 Å². The van der Waals surface area contributed by atoms with Gasteiger partial charge in [0, 0.05) is 0 Å². The topological polar surface area (TPSA) is 50.3 Å². The van der Waals surface area contributed by atoms with Crippen molar-refractivity contribution in [1.29, 1.82) is 0 Å². The minimum Gasteiger partial charge on any atom is -0.274 e. The number of amides is 2. The van der Waals surface area contributed by atoms with Gasteiger partial charge in [-0.05, 0) is 40.9 Å². The number of carbonyl (C=O) groups excluding carboxylic acids is 2. The number of nitrogens with zero attached hydrogens (tertiary/aromatic N) is 2. The van der Waals surface area contributed by atoms with Crippen LogP contribution in [0.15, 0.2) is 35.0 Å². The Morgan fingerprint density at radius 1 is 1.11 bits per heavy atom. The van der Waals surface area contributed by atoms with Crippen LogP contribution in [0.4, 0.5) is 5.82 Å². The highest BCUT2D eigenvalue weighted by Gasteiger charge is 2.48. The summed E-state index contributed by atoms with van der Waals surface area (Å²) in [5, 5.41) is 0. The number of anilines is 1. The van der Waals surface area contributed by atoms with Gasteiger partial charge < -0.3 is 0 Å². The third-order valence-corrected chi connectivity index (χ3v) is 3.88. The number of fused-ring (bicyclic) bond motifs is 1. The lowest BCUT2D eigenvalue weighted by molar-refractivity contribution is -0.122. The summed E-state index contributed by atoms with van der Waals surface area (Å²) in [6, 6.07) is 5.22. The molecule has 0 aromatic carbocycles. The van der Waals surface area contributed by atoms with Crippen LogP contribution in [-0.2, 0) is 9.59 Å². The fourth-order valence-corrected chi connectivity index (χ4v) is 2.88. The van der Waals surface area contributed by atoms with Crippen molar-refractivity contribution in [2.75, 3.05) is 4.90 Å². The van der Waals surface area contributed by atoms with Gasteiger partial charge in [-0.15, -0.1) is 0 Å². The SMILES string of the molecule is O=C1[C@H]2CC=CC[C@H]2C(=O)N1c1cccc(Br)n1. The van der Waals surface area contributed by atoms with Crippen LogP contribution in [0.25, 0.3) is 0 Å². The second kappa shape index (κ2) is 4.31. The fourth-order valence-electron chi connectivity index (χ4n) is 2.55. The number of hydrogen-bond acceptors (Lipinski definition) is 3. The number of hydrogen-bond donors (Lipinski definition) is 0. The van der Waals surface area contributed by atoms with Crippen LogP contribution in [0.3, 0.4) is 0 Å². The van der Waals surface area contributed by atoms with Crippen LogP contribution in [0.1, 0.15) is 12.8 Å². The molecule has 2 atom stereocenters. The highest BCUT2D eigenvalue weighted by Crippen LogP contribution is 2.37. The van der Waals surface area contributed by atoms with Gasteiger partial charge >= 0.3 is 0 Å². The van der Waals surface area contributed by atoms with Gasteiger partial charge in [0.15, 0.2) is 0 Å². The van der Waals surface area contributed by atoms with Crippen LogP contribution >= 0.6 is 15.9 Å². The van der Waals surface area contributed by atoms with Gasteiger partial charge in [-0.1, -0.05) is 18.2 Å². The molecule has 5 heteroatoms. The molecule has 1 aromatic rings. The summed E-state index contributed by atoms with van der Waals surface area (Å²) in [5.74, 6) is -0.250. The van der Waals surface area contributed by atoms with Crippen molar-refractivity contribution < 1.29 is 9.59 Å². The summed E-state index contributed by atoms with van der Waals surface area (Å²) >= 11 is 3.25. The Morgan fingerprint density at radius 2 is 1.72 bits per heavy atom. The maximum atomic E-state index is 12.3. The van der Waals surface area contributed by atoms with E-state index in [1.165, 1.54) is 4.90 Å². The second-order valence-corrected chi connectivity index (χ2v) is 5.30. The maximum Gasteiger partial charge on any atom is 0.239 e. The first-order chi connectivity index (χ1) is 8.68. The quantitative estimate of drug-likeness (QED) is 0.454. The van der Waals surface area contributed by atoms with Gasteiger partial charge in [0.1, 0.15) is 10.4 Å². The zero-order valence-corrected chi connectivity index (χ0v) is 11.1. The number of aromatic nitrogens is 1. The molecule has 18 heavy (non-hydrogen) atoms. The first kappa shape index (κ1) is 11.6. The first-order valence-electron chi connectivity index (χ1n) is 5.84. The number of pyridine rings is 1. The van der Waals surface area contributed by atoms with E-state index in [1.54, 1.807) is 18.2 Å². The molecule has 2 amide bonds. The van der Waals surface area contributed by atoms with Gasteiger partial charge in [0.2, 0.25) is 11.8 Å². The summed E-state index contributed by atoms with van der Waals surface area (Å²) in [4.78, 5) is 30.0. The van der Waals surface area contributed by atoms with Crippen molar-refractivity contribution in [2.45, 2.75) is 12.8 Å². The molecule has 0 saturated carbocycles. The number of allylic oxidation sites excluding steroid dienone is 2. The standard InChI is InChI=1S/C13H11BrN2O2/c14-10-6-3-7-11(15-10)16-12(17)8-4-1-2-5-9(8)13(16)18/h1-3,6-9H,4-5H2/t8-,9+. The molecule has 1 fully saturated rings. The van der Waals surface area contributed by atoms with Gasteiger partial charge in [0.25, 0.3) is 0 Å². The lowest BCUT2D eigenvalue weighted by atomic mass is 9.85. The summed E-state index contributed by atoms with van der Waals surface area (Å²) in [5.41, 5.74) is 0. The molecule has 0 radical (unpaired) electrons. The predicted octanol–water partition coefficient (Wildman–Crippen LogP) is 2.30. The molecule has 1 aliphatic heterocycles. The Morgan fingerprint density at radius 3 is 2.28 bits per heavy atom. The van der Waals surface area contributed by atoms with E-state index in [2.05, 4.69) is 20.9 Å². The third-order valence-electron chi connectivity index (χ3n) is 3.44. The van der Waals surface area contributed by atoms with Crippen LogP contribution < -0.4 is 4.90 Å². The molecule has 4 nitrogen and oxygen atoms in total. The van der Waals surface area contributed by atoms with Crippen LogP contribution in [0.5, 0.6) is 0 Å². The largest absolute Gasteiger partial charge is 0.274 e. The van der Waals surface area contributed by atoms with E-state index in [-0.39, 0.29) is 23.7 Å². The molecule has 1 aromatic heterocycles. The summed E-state index contributed by atoms with van der Waals surface area (Å²) < 4.78 is 0.619. The molecule has 1 aliphatic carbocycles. The van der Waals surface area contributed by atoms with Crippen LogP contribution in [0, 0.1) is 11.8 Å². The summed E-state index contributed by atoms with van der Waals surface area (Å²) in [6.45, 7) is 0. The van der Waals surface area contributed by atoms with Gasteiger partial charge in [-0.3, -0.25) is 9.59 Å². The lowest BCUT2D eigenvalue weighted by Gasteiger charge is -2.14. The van der Waals surface area contributed by atoms with Crippen molar-refractivity contribution in [1.82, 2.24) is 4.98 Å². The Hall–Kier alpha value is -1.49. The normalized spacial score (nSPS) is 26.6. The highest BCUT2D eigenvalue weighted by molar-refractivity contribution is 9.10. The van der Waals surface area contributed by atoms with Gasteiger partial charge in [0.05, 0.1) is 11.8 Å². The van der Waals surface area contributed by atoms with Gasteiger partial charge in [-0.2, -0.15) is 0 Å². The zero-order chi connectivity index (χ0) is 12.7. The average molecular weight is 307 g/mol. The molecule has 2 aliphatic rings. The van der Waals surface area contributed by atoms with Gasteiger partial charge in [-0.25, -0.2) is 9.88 Å². The molecule has 3 rings (SSSR count). The number of carbonyl (C=O) groups is 2. The number of rotatable bonds is 1. The van der Waals surface area contributed by atoms with Crippen LogP contribution in [0.2, 0.25) is 0 Å². The van der Waals surface area contributed by atoms with E-state index in [0.717, 1.165) is 0 Å². The average Bonchev–Trinajstić information content (AvgIpc) is 2.63. The molecular formula is C13H11BrN2O2. The van der Waals surface area contributed by atoms with E-state index < -0.39 is 0 Å². The molecule has 0 unspecified atom stereocenters. The Labute approximate surface area is 113 Å². The molecule has 0 spiro atoms. The first-order valence-corrected chi connectivity index (χ1v) is 6.63. The zero-order valence-electron chi connectivity index (χ0n) is 9.54. The Bertz CT molecular complexity index is 530. The third kappa shape index (κ3) is 1.70. The van der Waals surface area contributed by atoms with Crippen molar-refractivity contribution >= 4 is 33.6 Å². The highest BCUT2D eigenvalue weighted by atomic mass is 79.9. The minimum absolute atomic E-state index is 0.125. The van der Waals surface area contributed by atoms with Crippen molar-refractivity contribution in [3.05, 3.63) is 35.0 Å². The summed E-state index contributed by atoms with van der Waals surface area (Å²) in [6.07, 6.45) is 5.26. The molecule has 1 saturated heterocycles. The maximum absolute atomic E-state index is 12.3. The Kier molecular flexibility index (Phi) is 2.78. The van der Waals surface area contributed by atoms with Crippen molar-refractivity contribution in [3.8, 4) is 0 Å². The van der Waals surface area contributed by atoms with E-state index in [9.17, 15) is 9.59 Å². The molecular weight excluding hydrogens is 296 g/mol.